The summed E-state index contributed by atoms with van der Waals surface area (Å²) >= 11 is 3.90. The Morgan fingerprint density at radius 3 is 1.78 bits per heavy atom. The van der Waals surface area contributed by atoms with Crippen LogP contribution in [0.2, 0.25) is 0 Å². The Morgan fingerprint density at radius 2 is 1.78 bits per heavy atom. The summed E-state index contributed by atoms with van der Waals surface area (Å²) in [6.07, 6.45) is 0. The van der Waals surface area contributed by atoms with Gasteiger partial charge in [-0.3, -0.25) is 4.57 Å². The van der Waals surface area contributed by atoms with E-state index in [0.717, 1.165) is 6.66 Å². The van der Waals surface area contributed by atoms with Crippen LogP contribution in [0.15, 0.2) is 0 Å². The van der Waals surface area contributed by atoms with Gasteiger partial charge in [-0.25, -0.2) is 4.31 Å². The van der Waals surface area contributed by atoms with Crippen molar-refractivity contribution in [3.05, 3.63) is 0 Å². The standard InChI is InChI=1S/CH6O5P2S/c1-7(2,3)6-8(4,5)9/h1H3,(H,2,3)(H2,4,5,9). The first-order chi connectivity index (χ1) is 3.71. The molecule has 0 fully saturated rings. The Balaban J connectivity index is 4.07. The van der Waals surface area contributed by atoms with Crippen molar-refractivity contribution < 1.29 is 23.6 Å². The van der Waals surface area contributed by atoms with Crippen molar-refractivity contribution >= 4 is 26.1 Å². The van der Waals surface area contributed by atoms with E-state index in [-0.39, 0.29) is 0 Å². The van der Waals surface area contributed by atoms with Gasteiger partial charge in [-0.2, -0.15) is 0 Å². The van der Waals surface area contributed by atoms with Crippen LogP contribution in [0.3, 0.4) is 0 Å². The van der Waals surface area contributed by atoms with Crippen LogP contribution < -0.4 is 0 Å². The van der Waals surface area contributed by atoms with E-state index in [9.17, 15) is 4.57 Å². The molecule has 56 valence electrons. The summed E-state index contributed by atoms with van der Waals surface area (Å²) in [5.41, 5.74) is 0. The third kappa shape index (κ3) is 8.72. The predicted molar refractivity (Wildman–Crippen MR) is 35.6 cm³/mol. The fourth-order valence-corrected chi connectivity index (χ4v) is 2.89. The Hall–Kier alpha value is 0.720. The van der Waals surface area contributed by atoms with E-state index in [2.05, 4.69) is 16.1 Å². The number of hydrogen-bond acceptors (Lipinski definition) is 3. The molecule has 0 aliphatic rings. The lowest BCUT2D eigenvalue weighted by Crippen LogP contribution is -1.83. The highest BCUT2D eigenvalue weighted by Gasteiger charge is 2.20. The minimum absolute atomic E-state index is 0.820. The molecular formula is CH6O5P2S. The summed E-state index contributed by atoms with van der Waals surface area (Å²) in [4.78, 5) is 24.9. The van der Waals surface area contributed by atoms with Gasteiger partial charge < -0.3 is 14.7 Å². The Bertz CT molecular complexity index is 155. The SMILES string of the molecule is CP(=O)(O)OP(O)(O)=S. The zero-order valence-electron chi connectivity index (χ0n) is 4.46. The molecule has 9 heavy (non-hydrogen) atoms. The van der Waals surface area contributed by atoms with Gasteiger partial charge in [-0.05, 0) is 11.8 Å². The second-order valence-corrected chi connectivity index (χ2v) is 6.04. The van der Waals surface area contributed by atoms with E-state index in [1.165, 1.54) is 0 Å². The monoisotopic (exact) mass is 192 g/mol. The van der Waals surface area contributed by atoms with Gasteiger partial charge in [-0.1, -0.05) is 0 Å². The molecule has 0 amide bonds. The zero-order valence-corrected chi connectivity index (χ0v) is 7.07. The molecule has 0 heterocycles. The quantitative estimate of drug-likeness (QED) is 0.535. The lowest BCUT2D eigenvalue weighted by molar-refractivity contribution is 0.330. The van der Waals surface area contributed by atoms with Crippen LogP contribution in [0.4, 0.5) is 0 Å². The molecule has 0 bridgehead atoms. The smallest absolute Gasteiger partial charge is 0.324 e. The van der Waals surface area contributed by atoms with Crippen molar-refractivity contribution in [2.75, 3.05) is 6.66 Å². The molecule has 1 unspecified atom stereocenters. The maximum atomic E-state index is 10.2. The molecule has 0 radical (unpaired) electrons. The van der Waals surface area contributed by atoms with Crippen LogP contribution in [-0.2, 0) is 20.7 Å². The summed E-state index contributed by atoms with van der Waals surface area (Å²) in [5, 5.41) is 0. The van der Waals surface area contributed by atoms with Gasteiger partial charge in [0.1, 0.15) is 0 Å². The van der Waals surface area contributed by atoms with Crippen LogP contribution in [0.5, 0.6) is 0 Å². The maximum Gasteiger partial charge on any atom is 0.332 e. The summed E-state index contributed by atoms with van der Waals surface area (Å²) in [5.74, 6) is 0. The lowest BCUT2D eigenvalue weighted by Gasteiger charge is -2.09. The van der Waals surface area contributed by atoms with Crippen molar-refractivity contribution in [2.24, 2.45) is 0 Å². The van der Waals surface area contributed by atoms with Crippen molar-refractivity contribution in [1.82, 2.24) is 0 Å². The minimum atomic E-state index is -3.97. The molecule has 0 saturated carbocycles. The molecule has 0 saturated heterocycles. The van der Waals surface area contributed by atoms with Crippen LogP contribution in [-0.4, -0.2) is 21.3 Å². The summed E-state index contributed by atoms with van der Waals surface area (Å²) in [7, 11) is -3.84. The fourth-order valence-electron chi connectivity index (χ4n) is 0.197. The molecule has 0 aliphatic heterocycles. The topological polar surface area (TPSA) is 87.0 Å². The maximum absolute atomic E-state index is 10.2. The number of hydrogen-bond donors (Lipinski definition) is 3. The van der Waals surface area contributed by atoms with E-state index < -0.39 is 14.3 Å². The summed E-state index contributed by atoms with van der Waals surface area (Å²) in [6, 6.07) is 0. The molecule has 0 aliphatic carbocycles. The summed E-state index contributed by atoms with van der Waals surface area (Å²) < 4.78 is 14.0. The molecule has 1 atom stereocenters. The first kappa shape index (κ1) is 9.72. The van der Waals surface area contributed by atoms with Gasteiger partial charge >= 0.3 is 14.3 Å². The molecule has 0 spiro atoms. The van der Waals surface area contributed by atoms with E-state index >= 15 is 0 Å². The molecule has 3 N–H and O–H groups in total. The van der Waals surface area contributed by atoms with Crippen molar-refractivity contribution in [2.45, 2.75) is 0 Å². The van der Waals surface area contributed by atoms with Gasteiger partial charge in [0, 0.05) is 6.66 Å². The highest BCUT2D eigenvalue weighted by atomic mass is 32.5. The molecule has 5 nitrogen and oxygen atoms in total. The van der Waals surface area contributed by atoms with Gasteiger partial charge in [0.15, 0.2) is 0 Å². The van der Waals surface area contributed by atoms with E-state index in [0.29, 0.717) is 0 Å². The average Bonchev–Trinajstić information content (AvgIpc) is 1.14. The first-order valence-corrected chi connectivity index (χ1v) is 6.43. The van der Waals surface area contributed by atoms with Gasteiger partial charge in [0.25, 0.3) is 0 Å². The van der Waals surface area contributed by atoms with Crippen molar-refractivity contribution in [3.8, 4) is 0 Å². The van der Waals surface area contributed by atoms with E-state index in [4.69, 9.17) is 14.7 Å². The highest BCUT2D eigenvalue weighted by Crippen LogP contribution is 2.54. The number of rotatable bonds is 2. The molecule has 0 aromatic heterocycles. The molecule has 0 aromatic carbocycles. The van der Waals surface area contributed by atoms with Gasteiger partial charge in [-0.15, -0.1) is 0 Å². The molecule has 0 aromatic rings. The molecular weight excluding hydrogens is 186 g/mol. The van der Waals surface area contributed by atoms with Crippen LogP contribution in [0.1, 0.15) is 0 Å². The zero-order chi connectivity index (χ0) is 7.71. The Labute approximate surface area is 57.1 Å². The molecule has 8 heteroatoms. The normalized spacial score (nSPS) is 19.1. The van der Waals surface area contributed by atoms with E-state index in [1.807, 2.05) is 0 Å². The largest absolute Gasteiger partial charge is 0.332 e. The van der Waals surface area contributed by atoms with Crippen molar-refractivity contribution in [3.63, 3.8) is 0 Å². The minimum Gasteiger partial charge on any atom is -0.324 e. The van der Waals surface area contributed by atoms with Crippen LogP contribution in [0, 0.1) is 0 Å². The first-order valence-electron chi connectivity index (χ1n) is 1.78. The van der Waals surface area contributed by atoms with E-state index in [1.54, 1.807) is 0 Å². The molecule has 0 rings (SSSR count). The third-order valence-corrected chi connectivity index (χ3v) is 2.92. The lowest BCUT2D eigenvalue weighted by atomic mass is 12.0. The van der Waals surface area contributed by atoms with Crippen LogP contribution in [0.25, 0.3) is 0 Å². The second-order valence-electron chi connectivity index (χ2n) is 1.38. The Morgan fingerprint density at radius 1 is 1.44 bits per heavy atom. The van der Waals surface area contributed by atoms with Gasteiger partial charge in [0.2, 0.25) is 0 Å². The van der Waals surface area contributed by atoms with Gasteiger partial charge in [0.05, 0.1) is 0 Å². The van der Waals surface area contributed by atoms with Crippen molar-refractivity contribution in [1.29, 1.82) is 0 Å². The highest BCUT2D eigenvalue weighted by molar-refractivity contribution is 8.08. The van der Waals surface area contributed by atoms with Crippen LogP contribution >= 0.6 is 14.3 Å². The second kappa shape index (κ2) is 2.76. The fraction of sp³-hybridized carbons (Fsp3) is 1.00. The summed E-state index contributed by atoms with van der Waals surface area (Å²) in [6.45, 7) is -3.15. The average molecular weight is 192 g/mol. The third-order valence-electron chi connectivity index (χ3n) is 0.258. The Kier molecular flexibility index (Phi) is 2.98. The predicted octanol–water partition coefficient (Wildman–Crippen LogP) is 0.0273.